The minimum Gasteiger partial charge on any atom is -0.478 e. The molecule has 0 amide bonds. The summed E-state index contributed by atoms with van der Waals surface area (Å²) in [7, 11) is 0. The summed E-state index contributed by atoms with van der Waals surface area (Å²) >= 11 is 3.03. The third-order valence-corrected chi connectivity index (χ3v) is 2.49. The molecule has 17 heavy (non-hydrogen) atoms. The maximum absolute atomic E-state index is 11.7. The number of halogens is 1. The Balaban J connectivity index is 3.37. The van der Waals surface area contributed by atoms with Gasteiger partial charge in [0.05, 0.1) is 15.3 Å². The first-order valence-corrected chi connectivity index (χ1v) is 5.46. The fourth-order valence-corrected chi connectivity index (χ4v) is 1.50. The number of carboxylic acid groups (broad SMARTS) is 1. The van der Waals surface area contributed by atoms with Gasteiger partial charge in [-0.1, -0.05) is 15.9 Å². The summed E-state index contributed by atoms with van der Waals surface area (Å²) in [5.41, 5.74) is -0.774. The van der Waals surface area contributed by atoms with Gasteiger partial charge < -0.3 is 5.11 Å². The number of hydrogen-bond donors (Lipinski definition) is 1. The number of benzene rings is 1. The Bertz CT molecular complexity index is 497. The Morgan fingerprint density at radius 1 is 1.41 bits per heavy atom. The Labute approximate surface area is 105 Å². The molecular weight excluding hydrogens is 294 g/mol. The number of aromatic carboxylic acids is 1. The molecule has 1 aromatic rings. The SMILES string of the molecule is CC(Br)C(=O)c1ccc([N+](=O)[O-])cc1C(=O)O. The number of hydrogen-bond acceptors (Lipinski definition) is 4. The molecule has 6 nitrogen and oxygen atoms in total. The molecule has 0 heterocycles. The molecule has 0 radical (unpaired) electrons. The number of rotatable bonds is 4. The van der Waals surface area contributed by atoms with Crippen molar-refractivity contribution in [3.63, 3.8) is 0 Å². The third kappa shape index (κ3) is 2.88. The molecule has 0 fully saturated rings. The molecule has 1 rings (SSSR count). The second kappa shape index (κ2) is 5.05. The Morgan fingerprint density at radius 3 is 2.41 bits per heavy atom. The molecule has 0 aliphatic heterocycles. The predicted molar refractivity (Wildman–Crippen MR) is 62.8 cm³/mol. The van der Waals surface area contributed by atoms with Crippen LogP contribution in [0.1, 0.15) is 27.6 Å². The topological polar surface area (TPSA) is 97.5 Å². The molecule has 7 heteroatoms. The zero-order chi connectivity index (χ0) is 13.2. The third-order valence-electron chi connectivity index (χ3n) is 2.07. The van der Waals surface area contributed by atoms with Crippen molar-refractivity contribution in [2.24, 2.45) is 0 Å². The molecule has 1 aromatic carbocycles. The second-order valence-electron chi connectivity index (χ2n) is 3.27. The number of non-ortho nitro benzene ring substituents is 1. The van der Waals surface area contributed by atoms with Crippen molar-refractivity contribution in [3.05, 3.63) is 39.4 Å². The molecule has 1 N–H and O–H groups in total. The van der Waals surface area contributed by atoms with Crippen LogP contribution in [0.2, 0.25) is 0 Å². The van der Waals surface area contributed by atoms with Crippen LogP contribution in [0.15, 0.2) is 18.2 Å². The van der Waals surface area contributed by atoms with Gasteiger partial charge in [-0.2, -0.15) is 0 Å². The van der Waals surface area contributed by atoms with Gasteiger partial charge in [-0.3, -0.25) is 14.9 Å². The van der Waals surface area contributed by atoms with E-state index in [9.17, 15) is 19.7 Å². The number of ketones is 1. The van der Waals surface area contributed by atoms with Crippen LogP contribution in [0.3, 0.4) is 0 Å². The summed E-state index contributed by atoms with van der Waals surface area (Å²) in [6.45, 7) is 1.55. The molecule has 0 aromatic heterocycles. The summed E-state index contributed by atoms with van der Waals surface area (Å²) in [4.78, 5) is 31.8. The monoisotopic (exact) mass is 301 g/mol. The molecule has 0 saturated carbocycles. The van der Waals surface area contributed by atoms with Crippen molar-refractivity contribution in [2.45, 2.75) is 11.8 Å². The number of nitrogens with zero attached hydrogens (tertiary/aromatic N) is 1. The van der Waals surface area contributed by atoms with Gasteiger partial charge in [-0.25, -0.2) is 4.79 Å². The normalized spacial score (nSPS) is 11.9. The summed E-state index contributed by atoms with van der Waals surface area (Å²) in [6, 6.07) is 3.14. The maximum atomic E-state index is 11.7. The molecule has 0 bridgehead atoms. The van der Waals surface area contributed by atoms with E-state index in [1.165, 1.54) is 0 Å². The van der Waals surface area contributed by atoms with Crippen LogP contribution in [-0.2, 0) is 0 Å². The summed E-state index contributed by atoms with van der Waals surface area (Å²) in [6.07, 6.45) is 0. The highest BCUT2D eigenvalue weighted by Gasteiger charge is 2.22. The number of nitro groups is 1. The van der Waals surface area contributed by atoms with Crippen LogP contribution in [0.5, 0.6) is 0 Å². The quantitative estimate of drug-likeness (QED) is 0.398. The first-order valence-electron chi connectivity index (χ1n) is 4.54. The van der Waals surface area contributed by atoms with E-state index < -0.39 is 21.5 Å². The minimum atomic E-state index is -1.37. The summed E-state index contributed by atoms with van der Waals surface area (Å²) < 4.78 is 0. The summed E-state index contributed by atoms with van der Waals surface area (Å²) in [5, 5.41) is 19.4. The predicted octanol–water partition coefficient (Wildman–Crippen LogP) is 2.26. The molecule has 0 aliphatic carbocycles. The van der Waals surface area contributed by atoms with E-state index in [-0.39, 0.29) is 16.8 Å². The number of carbonyl (C=O) groups is 2. The Hall–Kier alpha value is -1.76. The number of carbonyl (C=O) groups excluding carboxylic acids is 1. The van der Waals surface area contributed by atoms with Crippen LogP contribution in [-0.4, -0.2) is 26.6 Å². The first-order chi connectivity index (χ1) is 7.84. The van der Waals surface area contributed by atoms with Crippen molar-refractivity contribution in [3.8, 4) is 0 Å². The highest BCUT2D eigenvalue weighted by molar-refractivity contribution is 9.10. The Kier molecular flexibility index (Phi) is 3.95. The number of carboxylic acids is 1. The van der Waals surface area contributed by atoms with Gasteiger partial charge in [0.2, 0.25) is 0 Å². The average molecular weight is 302 g/mol. The highest BCUT2D eigenvalue weighted by atomic mass is 79.9. The summed E-state index contributed by atoms with van der Waals surface area (Å²) in [5.74, 6) is -1.80. The van der Waals surface area contributed by atoms with E-state index in [0.717, 1.165) is 18.2 Å². The van der Waals surface area contributed by atoms with Crippen molar-refractivity contribution in [1.82, 2.24) is 0 Å². The first kappa shape index (κ1) is 13.3. The molecule has 90 valence electrons. The van der Waals surface area contributed by atoms with E-state index in [4.69, 9.17) is 5.11 Å². The highest BCUT2D eigenvalue weighted by Crippen LogP contribution is 2.21. The molecular formula is C10H8BrNO5. The van der Waals surface area contributed by atoms with Crippen LogP contribution in [0, 0.1) is 10.1 Å². The molecule has 0 spiro atoms. The smallest absolute Gasteiger partial charge is 0.336 e. The lowest BCUT2D eigenvalue weighted by Gasteiger charge is -2.06. The van der Waals surface area contributed by atoms with Crippen molar-refractivity contribution >= 4 is 33.4 Å². The lowest BCUT2D eigenvalue weighted by atomic mass is 10.0. The molecule has 1 atom stereocenters. The van der Waals surface area contributed by atoms with E-state index in [2.05, 4.69) is 15.9 Å². The van der Waals surface area contributed by atoms with E-state index in [1.807, 2.05) is 0 Å². The second-order valence-corrected chi connectivity index (χ2v) is 4.65. The molecule has 1 unspecified atom stereocenters. The van der Waals surface area contributed by atoms with E-state index in [1.54, 1.807) is 6.92 Å². The van der Waals surface area contributed by atoms with Crippen LogP contribution in [0.4, 0.5) is 5.69 Å². The van der Waals surface area contributed by atoms with Gasteiger partial charge in [-0.15, -0.1) is 0 Å². The maximum Gasteiger partial charge on any atom is 0.336 e. The number of Topliss-reactive ketones (excluding diaryl/α,β-unsaturated/α-hetero) is 1. The van der Waals surface area contributed by atoms with E-state index in [0.29, 0.717) is 0 Å². The lowest BCUT2D eigenvalue weighted by molar-refractivity contribution is -0.384. The van der Waals surface area contributed by atoms with Crippen molar-refractivity contribution in [2.75, 3.05) is 0 Å². The van der Waals surface area contributed by atoms with Gasteiger partial charge in [0.25, 0.3) is 5.69 Å². The van der Waals surface area contributed by atoms with Gasteiger partial charge >= 0.3 is 5.97 Å². The molecule has 0 saturated heterocycles. The number of alkyl halides is 1. The lowest BCUT2D eigenvalue weighted by Crippen LogP contribution is -2.15. The fraction of sp³-hybridized carbons (Fsp3) is 0.200. The van der Waals surface area contributed by atoms with Gasteiger partial charge in [-0.05, 0) is 13.0 Å². The largest absolute Gasteiger partial charge is 0.478 e. The van der Waals surface area contributed by atoms with Crippen LogP contribution >= 0.6 is 15.9 Å². The zero-order valence-electron chi connectivity index (χ0n) is 8.71. The van der Waals surface area contributed by atoms with Crippen LogP contribution in [0.25, 0.3) is 0 Å². The van der Waals surface area contributed by atoms with Crippen LogP contribution < -0.4 is 0 Å². The van der Waals surface area contributed by atoms with Gasteiger partial charge in [0.1, 0.15) is 0 Å². The van der Waals surface area contributed by atoms with Crippen molar-refractivity contribution in [1.29, 1.82) is 0 Å². The fourth-order valence-electron chi connectivity index (χ4n) is 1.25. The standard InChI is InChI=1S/C10H8BrNO5/c1-5(11)9(13)7-3-2-6(12(16)17)4-8(7)10(14)15/h2-5H,1H3,(H,14,15). The number of nitro benzene ring substituents is 1. The van der Waals surface area contributed by atoms with Gasteiger partial charge in [0.15, 0.2) is 5.78 Å². The molecule has 0 aliphatic rings. The minimum absolute atomic E-state index is 0.0486. The van der Waals surface area contributed by atoms with Gasteiger partial charge in [0, 0.05) is 17.7 Å². The van der Waals surface area contributed by atoms with E-state index >= 15 is 0 Å². The average Bonchev–Trinajstić information content (AvgIpc) is 2.26. The Morgan fingerprint density at radius 2 is 2.00 bits per heavy atom. The zero-order valence-corrected chi connectivity index (χ0v) is 10.3. The van der Waals surface area contributed by atoms with Crippen molar-refractivity contribution < 1.29 is 19.6 Å².